The van der Waals surface area contributed by atoms with Gasteiger partial charge in [0.2, 0.25) is 5.91 Å². The van der Waals surface area contributed by atoms with Crippen molar-refractivity contribution in [1.82, 2.24) is 26.4 Å². The minimum atomic E-state index is -0.780. The normalized spacial score (nSPS) is 11.4. The van der Waals surface area contributed by atoms with Crippen LogP contribution in [0.4, 0.5) is 4.79 Å². The Morgan fingerprint density at radius 3 is 2.40 bits per heavy atom. The van der Waals surface area contributed by atoms with Crippen LogP contribution >= 0.6 is 11.6 Å². The Hall–Kier alpha value is -3.85. The fourth-order valence-corrected chi connectivity index (χ4v) is 2.87. The van der Waals surface area contributed by atoms with Crippen molar-refractivity contribution < 1.29 is 14.4 Å². The van der Waals surface area contributed by atoms with E-state index in [9.17, 15) is 14.4 Å². The Labute approximate surface area is 177 Å². The molecule has 4 amide bonds. The first-order valence-electron chi connectivity index (χ1n) is 8.94. The van der Waals surface area contributed by atoms with Crippen molar-refractivity contribution in [2.24, 2.45) is 5.73 Å². The van der Waals surface area contributed by atoms with Crippen molar-refractivity contribution in [2.75, 3.05) is 0 Å². The van der Waals surface area contributed by atoms with Crippen LogP contribution in [-0.4, -0.2) is 28.0 Å². The van der Waals surface area contributed by atoms with Gasteiger partial charge in [-0.2, -0.15) is 5.10 Å². The standard InChI is InChI=1S/C20H19ClN6O3/c21-14-8-6-13(7-9-14)15(23-20(22)30)11-18(28)26-27-19(29)17-10-16(24-25-17)12-4-2-1-3-5-12/h1-10,15H,11H2,(H,24,25)(H,26,28)(H,27,29)(H3,22,23,30). The molecule has 0 saturated carbocycles. The van der Waals surface area contributed by atoms with Gasteiger partial charge in [-0.25, -0.2) is 4.79 Å². The summed E-state index contributed by atoms with van der Waals surface area (Å²) in [7, 11) is 0. The second kappa shape index (κ2) is 9.57. The molecule has 30 heavy (non-hydrogen) atoms. The van der Waals surface area contributed by atoms with Crippen molar-refractivity contribution >= 4 is 29.4 Å². The minimum Gasteiger partial charge on any atom is -0.352 e. The van der Waals surface area contributed by atoms with E-state index in [0.717, 1.165) is 5.56 Å². The molecular formula is C20H19ClN6O3. The minimum absolute atomic E-state index is 0.150. The van der Waals surface area contributed by atoms with E-state index < -0.39 is 23.9 Å². The smallest absolute Gasteiger partial charge is 0.312 e. The summed E-state index contributed by atoms with van der Waals surface area (Å²) in [6, 6.07) is 16.0. The number of hydrazine groups is 1. The lowest BCUT2D eigenvalue weighted by Gasteiger charge is -2.18. The van der Waals surface area contributed by atoms with Gasteiger partial charge in [-0.05, 0) is 23.8 Å². The van der Waals surface area contributed by atoms with E-state index in [1.54, 1.807) is 30.3 Å². The van der Waals surface area contributed by atoms with Gasteiger partial charge in [0.05, 0.1) is 18.2 Å². The SMILES string of the molecule is NC(=O)NC(CC(=O)NNC(=O)c1cc(-c2ccccc2)n[nH]1)c1ccc(Cl)cc1. The van der Waals surface area contributed by atoms with Gasteiger partial charge in [0.1, 0.15) is 5.69 Å². The molecule has 1 aromatic heterocycles. The summed E-state index contributed by atoms with van der Waals surface area (Å²) in [5, 5.41) is 9.73. The molecule has 3 rings (SSSR count). The van der Waals surface area contributed by atoms with Gasteiger partial charge in [-0.3, -0.25) is 25.5 Å². The Bertz CT molecular complexity index is 1040. The first-order chi connectivity index (χ1) is 14.4. The number of H-pyrrole nitrogens is 1. The summed E-state index contributed by atoms with van der Waals surface area (Å²) in [6.45, 7) is 0. The third-order valence-electron chi connectivity index (χ3n) is 4.19. The van der Waals surface area contributed by atoms with Crippen molar-refractivity contribution in [3.8, 4) is 11.3 Å². The van der Waals surface area contributed by atoms with E-state index in [0.29, 0.717) is 16.3 Å². The van der Waals surface area contributed by atoms with Crippen molar-refractivity contribution in [1.29, 1.82) is 0 Å². The fraction of sp³-hybridized carbons (Fsp3) is 0.100. The van der Waals surface area contributed by atoms with Crippen LogP contribution in [0, 0.1) is 0 Å². The number of nitrogens with two attached hydrogens (primary N) is 1. The molecule has 0 aliphatic carbocycles. The quantitative estimate of drug-likeness (QED) is 0.385. The van der Waals surface area contributed by atoms with Crippen LogP contribution in [0.3, 0.4) is 0 Å². The molecule has 2 aromatic carbocycles. The van der Waals surface area contributed by atoms with E-state index in [1.807, 2.05) is 30.3 Å². The number of aromatic amines is 1. The van der Waals surface area contributed by atoms with E-state index >= 15 is 0 Å². The number of amides is 4. The summed E-state index contributed by atoms with van der Waals surface area (Å²) in [4.78, 5) is 35.8. The zero-order valence-corrected chi connectivity index (χ0v) is 16.4. The lowest BCUT2D eigenvalue weighted by atomic mass is 10.0. The lowest BCUT2D eigenvalue weighted by molar-refractivity contribution is -0.122. The number of carbonyl (C=O) groups excluding carboxylic acids is 3. The first-order valence-corrected chi connectivity index (χ1v) is 9.31. The number of carbonyl (C=O) groups is 3. The van der Waals surface area contributed by atoms with Crippen LogP contribution in [0.2, 0.25) is 5.02 Å². The molecule has 0 fully saturated rings. The van der Waals surface area contributed by atoms with Gasteiger partial charge in [0.25, 0.3) is 5.91 Å². The van der Waals surface area contributed by atoms with E-state index in [-0.39, 0.29) is 12.1 Å². The second-order valence-corrected chi connectivity index (χ2v) is 6.79. The monoisotopic (exact) mass is 426 g/mol. The molecule has 9 nitrogen and oxygen atoms in total. The van der Waals surface area contributed by atoms with Gasteiger partial charge >= 0.3 is 6.03 Å². The molecule has 0 saturated heterocycles. The van der Waals surface area contributed by atoms with Crippen LogP contribution in [0.1, 0.15) is 28.5 Å². The maximum atomic E-state index is 12.3. The van der Waals surface area contributed by atoms with Crippen LogP contribution < -0.4 is 21.9 Å². The topological polar surface area (TPSA) is 142 Å². The Morgan fingerprint density at radius 1 is 1.03 bits per heavy atom. The fourth-order valence-electron chi connectivity index (χ4n) is 2.74. The summed E-state index contributed by atoms with van der Waals surface area (Å²) in [6.07, 6.45) is -0.150. The third kappa shape index (κ3) is 5.58. The van der Waals surface area contributed by atoms with E-state index in [4.69, 9.17) is 17.3 Å². The number of hydrogen-bond donors (Lipinski definition) is 5. The van der Waals surface area contributed by atoms with Crippen LogP contribution in [0.15, 0.2) is 60.7 Å². The predicted octanol–water partition coefficient (Wildman–Crippen LogP) is 2.29. The molecule has 10 heteroatoms. The number of nitrogens with one attached hydrogen (secondary N) is 4. The number of primary amides is 1. The predicted molar refractivity (Wildman–Crippen MR) is 111 cm³/mol. The largest absolute Gasteiger partial charge is 0.352 e. The molecule has 0 aliphatic heterocycles. The molecule has 0 radical (unpaired) electrons. The number of rotatable bonds is 6. The molecule has 0 spiro atoms. The van der Waals surface area contributed by atoms with Crippen LogP contribution in [0.25, 0.3) is 11.3 Å². The maximum absolute atomic E-state index is 12.3. The number of hydrogen-bond acceptors (Lipinski definition) is 4. The molecule has 0 bridgehead atoms. The van der Waals surface area contributed by atoms with Gasteiger partial charge in [-0.15, -0.1) is 0 Å². The number of benzene rings is 2. The second-order valence-electron chi connectivity index (χ2n) is 6.35. The maximum Gasteiger partial charge on any atom is 0.312 e. The lowest BCUT2D eigenvalue weighted by Crippen LogP contribution is -2.44. The van der Waals surface area contributed by atoms with Gasteiger partial charge in [0.15, 0.2) is 0 Å². The highest BCUT2D eigenvalue weighted by atomic mass is 35.5. The molecular weight excluding hydrogens is 408 g/mol. The summed E-state index contributed by atoms with van der Waals surface area (Å²) >= 11 is 5.86. The van der Waals surface area contributed by atoms with Crippen molar-refractivity contribution in [2.45, 2.75) is 12.5 Å². The van der Waals surface area contributed by atoms with Crippen molar-refractivity contribution in [3.63, 3.8) is 0 Å². The molecule has 1 atom stereocenters. The molecule has 1 heterocycles. The van der Waals surface area contributed by atoms with Gasteiger partial charge in [0, 0.05) is 10.6 Å². The third-order valence-corrected chi connectivity index (χ3v) is 4.44. The highest BCUT2D eigenvalue weighted by Gasteiger charge is 2.18. The summed E-state index contributed by atoms with van der Waals surface area (Å²) in [5.41, 5.74) is 12.1. The van der Waals surface area contributed by atoms with Gasteiger partial charge < -0.3 is 11.1 Å². The summed E-state index contributed by atoms with van der Waals surface area (Å²) < 4.78 is 0. The Balaban J connectivity index is 1.58. The van der Waals surface area contributed by atoms with E-state index in [2.05, 4.69) is 26.4 Å². The number of urea groups is 1. The molecule has 6 N–H and O–H groups in total. The molecule has 1 unspecified atom stereocenters. The molecule has 0 aliphatic rings. The van der Waals surface area contributed by atoms with Crippen molar-refractivity contribution in [3.05, 3.63) is 76.9 Å². The van der Waals surface area contributed by atoms with Gasteiger partial charge in [-0.1, -0.05) is 54.1 Å². The highest BCUT2D eigenvalue weighted by molar-refractivity contribution is 6.30. The molecule has 154 valence electrons. The average Bonchev–Trinajstić information content (AvgIpc) is 3.23. The number of nitrogens with zero attached hydrogens (tertiary/aromatic N) is 1. The van der Waals surface area contributed by atoms with Crippen LogP contribution in [0.5, 0.6) is 0 Å². The first kappa shape index (κ1) is 20.9. The zero-order chi connectivity index (χ0) is 21.5. The Morgan fingerprint density at radius 2 is 1.73 bits per heavy atom. The summed E-state index contributed by atoms with van der Waals surface area (Å²) in [5.74, 6) is -1.09. The van der Waals surface area contributed by atoms with E-state index in [1.165, 1.54) is 0 Å². The number of halogens is 1. The highest BCUT2D eigenvalue weighted by Crippen LogP contribution is 2.19. The average molecular weight is 427 g/mol. The zero-order valence-electron chi connectivity index (χ0n) is 15.7. The number of aromatic nitrogens is 2. The molecule has 3 aromatic rings. The Kier molecular flexibility index (Phi) is 6.66. The van der Waals surface area contributed by atoms with Crippen LogP contribution in [-0.2, 0) is 4.79 Å².